The topological polar surface area (TPSA) is 42.4 Å². The van der Waals surface area contributed by atoms with E-state index in [9.17, 15) is 4.79 Å². The van der Waals surface area contributed by atoms with Gasteiger partial charge in [0.1, 0.15) is 5.82 Å². The van der Waals surface area contributed by atoms with Crippen LogP contribution in [0.1, 0.15) is 18.9 Å². The molecule has 0 spiro atoms. The van der Waals surface area contributed by atoms with Crippen molar-refractivity contribution in [2.75, 3.05) is 25.1 Å². The van der Waals surface area contributed by atoms with E-state index in [1.54, 1.807) is 6.20 Å². The van der Waals surface area contributed by atoms with E-state index in [0.717, 1.165) is 15.9 Å². The summed E-state index contributed by atoms with van der Waals surface area (Å²) in [7, 11) is 1.92. The first-order valence-electron chi connectivity index (χ1n) is 5.53. The lowest BCUT2D eigenvalue weighted by Crippen LogP contribution is -2.23. The van der Waals surface area contributed by atoms with Gasteiger partial charge < -0.3 is 9.64 Å². The van der Waals surface area contributed by atoms with Gasteiger partial charge in [-0.3, -0.25) is 4.79 Å². The van der Waals surface area contributed by atoms with Gasteiger partial charge in [0.15, 0.2) is 0 Å². The molecule has 94 valence electrons. The smallest absolute Gasteiger partial charge is 0.307 e. The van der Waals surface area contributed by atoms with Crippen LogP contribution in [-0.2, 0) is 9.53 Å². The lowest BCUT2D eigenvalue weighted by Gasteiger charge is -2.19. The van der Waals surface area contributed by atoms with E-state index in [2.05, 4.69) is 20.9 Å². The maximum absolute atomic E-state index is 11.2. The number of anilines is 1. The van der Waals surface area contributed by atoms with E-state index >= 15 is 0 Å². The molecule has 0 fully saturated rings. The lowest BCUT2D eigenvalue weighted by molar-refractivity contribution is -0.142. The maximum Gasteiger partial charge on any atom is 0.307 e. The molecule has 1 aromatic rings. The van der Waals surface area contributed by atoms with Gasteiger partial charge >= 0.3 is 5.97 Å². The van der Waals surface area contributed by atoms with Crippen LogP contribution in [0.25, 0.3) is 0 Å². The summed E-state index contributed by atoms with van der Waals surface area (Å²) in [4.78, 5) is 17.5. The molecule has 0 N–H and O–H groups in total. The Bertz CT molecular complexity index is 396. The number of hydrogen-bond donors (Lipinski definition) is 0. The second-order valence-corrected chi connectivity index (χ2v) is 4.69. The fraction of sp³-hybridized carbons (Fsp3) is 0.500. The van der Waals surface area contributed by atoms with E-state index in [0.29, 0.717) is 19.6 Å². The first-order valence-corrected chi connectivity index (χ1v) is 6.32. The van der Waals surface area contributed by atoms with Crippen molar-refractivity contribution in [2.45, 2.75) is 20.3 Å². The second kappa shape index (κ2) is 6.59. The minimum Gasteiger partial charge on any atom is -0.466 e. The molecule has 17 heavy (non-hydrogen) atoms. The van der Waals surface area contributed by atoms with Crippen molar-refractivity contribution in [2.24, 2.45) is 0 Å². The molecule has 0 aliphatic carbocycles. The van der Waals surface area contributed by atoms with Crippen LogP contribution < -0.4 is 4.90 Å². The number of carbonyl (C=O) groups is 1. The Hall–Kier alpha value is -1.10. The first-order chi connectivity index (χ1) is 8.04. The van der Waals surface area contributed by atoms with Crippen molar-refractivity contribution < 1.29 is 9.53 Å². The van der Waals surface area contributed by atoms with Gasteiger partial charge in [-0.05, 0) is 41.4 Å². The van der Waals surface area contributed by atoms with Gasteiger partial charge in [-0.15, -0.1) is 0 Å². The normalized spacial score (nSPS) is 10.1. The average Bonchev–Trinajstić information content (AvgIpc) is 2.26. The third-order valence-electron chi connectivity index (χ3n) is 2.34. The van der Waals surface area contributed by atoms with Crippen molar-refractivity contribution in [1.29, 1.82) is 0 Å². The van der Waals surface area contributed by atoms with Gasteiger partial charge in [0.05, 0.1) is 13.0 Å². The van der Waals surface area contributed by atoms with Crippen LogP contribution in [0.3, 0.4) is 0 Å². The minimum atomic E-state index is -0.172. The molecule has 0 aromatic carbocycles. The second-order valence-electron chi connectivity index (χ2n) is 3.77. The number of pyridine rings is 1. The monoisotopic (exact) mass is 300 g/mol. The Balaban J connectivity index is 2.57. The zero-order valence-corrected chi connectivity index (χ0v) is 12.0. The van der Waals surface area contributed by atoms with Gasteiger partial charge in [0.25, 0.3) is 0 Å². The number of carbonyl (C=O) groups excluding carboxylic acids is 1. The number of nitrogens with zero attached hydrogens (tertiary/aromatic N) is 2. The van der Waals surface area contributed by atoms with E-state index in [-0.39, 0.29) is 5.97 Å². The number of aryl methyl sites for hydroxylation is 1. The van der Waals surface area contributed by atoms with Crippen LogP contribution in [0, 0.1) is 6.92 Å². The molecule has 0 amide bonds. The van der Waals surface area contributed by atoms with Gasteiger partial charge in [-0.25, -0.2) is 4.98 Å². The summed E-state index contributed by atoms with van der Waals surface area (Å²) in [6.07, 6.45) is 2.13. The molecule has 4 nitrogen and oxygen atoms in total. The van der Waals surface area contributed by atoms with Crippen LogP contribution in [0.4, 0.5) is 5.82 Å². The predicted octanol–water partition coefficient (Wildman–Crippen LogP) is 2.54. The van der Waals surface area contributed by atoms with Gasteiger partial charge in [-0.2, -0.15) is 0 Å². The quantitative estimate of drug-likeness (QED) is 0.784. The summed E-state index contributed by atoms with van der Waals surface area (Å²) in [5, 5.41) is 0. The zero-order valence-electron chi connectivity index (χ0n) is 10.4. The van der Waals surface area contributed by atoms with Gasteiger partial charge in [-0.1, -0.05) is 0 Å². The summed E-state index contributed by atoms with van der Waals surface area (Å²) < 4.78 is 5.84. The van der Waals surface area contributed by atoms with E-state index in [1.165, 1.54) is 0 Å². The van der Waals surface area contributed by atoms with Crippen molar-refractivity contribution in [3.8, 4) is 0 Å². The molecule has 5 heteroatoms. The van der Waals surface area contributed by atoms with Crippen molar-refractivity contribution >= 4 is 27.7 Å². The number of halogens is 1. The van der Waals surface area contributed by atoms with Gasteiger partial charge in [0, 0.05) is 24.3 Å². The van der Waals surface area contributed by atoms with Crippen LogP contribution in [0.2, 0.25) is 0 Å². The molecule has 0 aliphatic heterocycles. The number of aromatic nitrogens is 1. The standard InChI is InChI=1S/C12H17BrN2O2/c1-4-17-11(16)5-6-15(3)12-9(2)7-10(13)8-14-12/h7-8H,4-6H2,1-3H3. The first kappa shape index (κ1) is 14.0. The highest BCUT2D eigenvalue weighted by atomic mass is 79.9. The Morgan fingerprint density at radius 3 is 2.88 bits per heavy atom. The number of hydrogen-bond acceptors (Lipinski definition) is 4. The molecule has 0 bridgehead atoms. The Kier molecular flexibility index (Phi) is 5.41. The van der Waals surface area contributed by atoms with E-state index in [4.69, 9.17) is 4.74 Å². The van der Waals surface area contributed by atoms with Crippen LogP contribution >= 0.6 is 15.9 Å². The fourth-order valence-corrected chi connectivity index (χ4v) is 1.98. The fourth-order valence-electron chi connectivity index (χ4n) is 1.53. The molecular weight excluding hydrogens is 284 g/mol. The summed E-state index contributed by atoms with van der Waals surface area (Å²) in [6, 6.07) is 2.00. The molecule has 0 saturated carbocycles. The Morgan fingerprint density at radius 2 is 2.29 bits per heavy atom. The SMILES string of the molecule is CCOC(=O)CCN(C)c1ncc(Br)cc1C. The third-order valence-corrected chi connectivity index (χ3v) is 2.77. The molecule has 0 saturated heterocycles. The zero-order chi connectivity index (χ0) is 12.8. The van der Waals surface area contributed by atoms with Crippen molar-refractivity contribution in [3.63, 3.8) is 0 Å². The van der Waals surface area contributed by atoms with E-state index < -0.39 is 0 Å². The van der Waals surface area contributed by atoms with Gasteiger partial charge in [0.2, 0.25) is 0 Å². The largest absolute Gasteiger partial charge is 0.466 e. The molecule has 0 unspecified atom stereocenters. The highest BCUT2D eigenvalue weighted by Gasteiger charge is 2.09. The molecule has 1 heterocycles. The highest BCUT2D eigenvalue weighted by Crippen LogP contribution is 2.19. The van der Waals surface area contributed by atoms with E-state index in [1.807, 2.05) is 31.9 Å². The molecule has 1 aromatic heterocycles. The molecular formula is C12H17BrN2O2. The van der Waals surface area contributed by atoms with Crippen LogP contribution in [0.5, 0.6) is 0 Å². The Labute approximate surface area is 110 Å². The Morgan fingerprint density at radius 1 is 1.59 bits per heavy atom. The summed E-state index contributed by atoms with van der Waals surface area (Å²) in [5.41, 5.74) is 1.07. The average molecular weight is 301 g/mol. The summed E-state index contributed by atoms with van der Waals surface area (Å²) in [5.74, 6) is 0.714. The third kappa shape index (κ3) is 4.34. The molecule has 0 radical (unpaired) electrons. The van der Waals surface area contributed by atoms with Crippen molar-refractivity contribution in [1.82, 2.24) is 4.98 Å². The van der Waals surface area contributed by atoms with Crippen LogP contribution in [-0.4, -0.2) is 31.2 Å². The maximum atomic E-state index is 11.2. The summed E-state index contributed by atoms with van der Waals surface area (Å²) >= 11 is 3.37. The minimum absolute atomic E-state index is 0.172. The highest BCUT2D eigenvalue weighted by molar-refractivity contribution is 9.10. The van der Waals surface area contributed by atoms with Crippen molar-refractivity contribution in [3.05, 3.63) is 22.3 Å². The predicted molar refractivity (Wildman–Crippen MR) is 71.2 cm³/mol. The molecule has 0 atom stereocenters. The lowest BCUT2D eigenvalue weighted by atomic mass is 10.2. The molecule has 1 rings (SSSR count). The number of esters is 1. The summed E-state index contributed by atoms with van der Waals surface area (Å²) in [6.45, 7) is 4.84. The number of rotatable bonds is 5. The molecule has 0 aliphatic rings. The number of ether oxygens (including phenoxy) is 1. The van der Waals surface area contributed by atoms with Crippen LogP contribution in [0.15, 0.2) is 16.7 Å².